The smallest absolute Gasteiger partial charge is 0.263 e. The molecule has 1 aromatic heterocycles. The van der Waals surface area contributed by atoms with Gasteiger partial charge in [-0.15, -0.1) is 11.3 Å². The average molecular weight is 319 g/mol. The van der Waals surface area contributed by atoms with E-state index in [1.807, 2.05) is 13.8 Å². The van der Waals surface area contributed by atoms with Gasteiger partial charge in [-0.25, -0.2) is 17.7 Å². The van der Waals surface area contributed by atoms with Crippen LogP contribution in [0.3, 0.4) is 0 Å². The monoisotopic (exact) mass is 319 g/mol. The van der Waals surface area contributed by atoms with E-state index in [-0.39, 0.29) is 24.1 Å². The predicted octanol–water partition coefficient (Wildman–Crippen LogP) is 1.20. The number of aryl methyl sites for hydroxylation is 1. The first-order valence-electron chi connectivity index (χ1n) is 6.31. The lowest BCUT2D eigenvalue weighted by Gasteiger charge is -2.11. The first-order valence-corrected chi connectivity index (χ1v) is 8.73. The number of carbonyl (C=O) groups is 1. The molecule has 1 N–H and O–H groups in total. The Hall–Kier alpha value is -0.990. The van der Waals surface area contributed by atoms with Crippen LogP contribution in [0.15, 0.2) is 0 Å². The van der Waals surface area contributed by atoms with Gasteiger partial charge in [0, 0.05) is 26.6 Å². The molecule has 1 amide bonds. The van der Waals surface area contributed by atoms with Crippen molar-refractivity contribution in [1.82, 2.24) is 14.6 Å². The first kappa shape index (κ1) is 17.1. The first-order chi connectivity index (χ1) is 9.15. The summed E-state index contributed by atoms with van der Waals surface area (Å²) in [5.74, 6) is -0.101. The molecule has 0 aromatic carbocycles. The van der Waals surface area contributed by atoms with Crippen LogP contribution in [0.4, 0.5) is 0 Å². The summed E-state index contributed by atoms with van der Waals surface area (Å²) in [6.07, 6.45) is 0. The van der Waals surface area contributed by atoms with Crippen LogP contribution < -0.4 is 5.32 Å². The Morgan fingerprint density at radius 1 is 1.40 bits per heavy atom. The number of thiazole rings is 1. The van der Waals surface area contributed by atoms with E-state index >= 15 is 0 Å². The van der Waals surface area contributed by atoms with Gasteiger partial charge in [0.05, 0.1) is 16.5 Å². The summed E-state index contributed by atoms with van der Waals surface area (Å²) < 4.78 is 24.3. The Bertz CT molecular complexity index is 577. The van der Waals surface area contributed by atoms with Crippen molar-refractivity contribution >= 4 is 27.3 Å². The van der Waals surface area contributed by atoms with Crippen molar-refractivity contribution in [2.45, 2.75) is 26.7 Å². The van der Waals surface area contributed by atoms with Crippen LogP contribution in [0, 0.1) is 6.92 Å². The molecule has 0 saturated carbocycles. The van der Waals surface area contributed by atoms with E-state index in [2.05, 4.69) is 10.3 Å². The number of nitrogens with one attached hydrogen (secondary N) is 1. The number of nitrogens with zero attached hydrogens (tertiary/aromatic N) is 2. The van der Waals surface area contributed by atoms with Crippen LogP contribution in [0.5, 0.6) is 0 Å². The van der Waals surface area contributed by atoms with Gasteiger partial charge >= 0.3 is 0 Å². The number of sulfonamides is 1. The van der Waals surface area contributed by atoms with Crippen molar-refractivity contribution in [1.29, 1.82) is 0 Å². The zero-order chi connectivity index (χ0) is 15.5. The molecule has 114 valence electrons. The minimum Gasteiger partial charge on any atom is -0.350 e. The van der Waals surface area contributed by atoms with E-state index in [0.29, 0.717) is 10.6 Å². The third-order valence-electron chi connectivity index (χ3n) is 2.72. The third-order valence-corrected chi connectivity index (χ3v) is 6.00. The lowest BCUT2D eigenvalue weighted by atomic mass is 10.2. The van der Waals surface area contributed by atoms with Crippen molar-refractivity contribution in [2.75, 3.05) is 26.4 Å². The molecule has 0 radical (unpaired) electrons. The molecule has 0 spiro atoms. The van der Waals surface area contributed by atoms with Crippen LogP contribution in [-0.4, -0.2) is 50.0 Å². The molecule has 8 heteroatoms. The van der Waals surface area contributed by atoms with Crippen molar-refractivity contribution in [3.05, 3.63) is 15.6 Å². The molecule has 0 aliphatic carbocycles. The maximum Gasteiger partial charge on any atom is 0.263 e. The summed E-state index contributed by atoms with van der Waals surface area (Å²) in [5, 5.41) is 3.54. The molecule has 1 rings (SSSR count). The van der Waals surface area contributed by atoms with Crippen LogP contribution in [-0.2, 0) is 10.0 Å². The van der Waals surface area contributed by atoms with E-state index in [1.165, 1.54) is 25.4 Å². The molecule has 0 bridgehead atoms. The molecule has 20 heavy (non-hydrogen) atoms. The molecule has 0 atom stereocenters. The highest BCUT2D eigenvalue weighted by Gasteiger charge is 2.18. The Labute approximate surface area is 124 Å². The van der Waals surface area contributed by atoms with Crippen LogP contribution >= 0.6 is 11.3 Å². The Kier molecular flexibility index (Phi) is 5.67. The average Bonchev–Trinajstić information content (AvgIpc) is 2.71. The Morgan fingerprint density at radius 3 is 2.45 bits per heavy atom. The van der Waals surface area contributed by atoms with Gasteiger partial charge in [0.15, 0.2) is 0 Å². The molecular formula is C12H21N3O3S2. The highest BCUT2D eigenvalue weighted by Crippen LogP contribution is 2.24. The van der Waals surface area contributed by atoms with Gasteiger partial charge in [-0.2, -0.15) is 0 Å². The lowest BCUT2D eigenvalue weighted by Crippen LogP contribution is -2.33. The topological polar surface area (TPSA) is 79.4 Å². The maximum absolute atomic E-state index is 12.0. The fraction of sp³-hybridized carbons (Fsp3) is 0.667. The molecule has 0 saturated heterocycles. The molecule has 0 fully saturated rings. The minimum atomic E-state index is -3.29. The van der Waals surface area contributed by atoms with Crippen molar-refractivity contribution < 1.29 is 13.2 Å². The minimum absolute atomic E-state index is 0.0910. The zero-order valence-corrected chi connectivity index (χ0v) is 14.1. The van der Waals surface area contributed by atoms with Gasteiger partial charge in [0.25, 0.3) is 5.91 Å². The number of amides is 1. The standard InChI is InChI=1S/C12H21N3O3S2/c1-8(2)12-14-9(3)10(19-12)11(16)13-6-7-20(17,18)15(4)5/h8H,6-7H2,1-5H3,(H,13,16). The number of rotatable bonds is 6. The van der Waals surface area contributed by atoms with Crippen LogP contribution in [0.25, 0.3) is 0 Å². The van der Waals surface area contributed by atoms with Gasteiger partial charge < -0.3 is 5.32 Å². The number of hydrogen-bond acceptors (Lipinski definition) is 5. The quantitative estimate of drug-likeness (QED) is 0.854. The molecule has 0 unspecified atom stereocenters. The molecule has 6 nitrogen and oxygen atoms in total. The van der Waals surface area contributed by atoms with Gasteiger partial charge in [-0.1, -0.05) is 13.8 Å². The molecule has 0 aliphatic rings. The summed E-state index contributed by atoms with van der Waals surface area (Å²) in [6, 6.07) is 0. The van der Waals surface area contributed by atoms with E-state index < -0.39 is 10.0 Å². The van der Waals surface area contributed by atoms with Crippen LogP contribution in [0.2, 0.25) is 0 Å². The van der Waals surface area contributed by atoms with E-state index in [9.17, 15) is 13.2 Å². The second-order valence-corrected chi connectivity index (χ2v) is 8.31. The molecule has 1 aromatic rings. The second-order valence-electron chi connectivity index (χ2n) is 4.98. The third kappa shape index (κ3) is 4.26. The highest BCUT2D eigenvalue weighted by molar-refractivity contribution is 7.89. The van der Waals surface area contributed by atoms with E-state index in [4.69, 9.17) is 0 Å². The fourth-order valence-electron chi connectivity index (χ4n) is 1.43. The number of hydrogen-bond donors (Lipinski definition) is 1. The highest BCUT2D eigenvalue weighted by atomic mass is 32.2. The van der Waals surface area contributed by atoms with Gasteiger partial charge in [-0.3, -0.25) is 4.79 Å². The lowest BCUT2D eigenvalue weighted by molar-refractivity contribution is 0.0959. The number of aromatic nitrogens is 1. The van der Waals surface area contributed by atoms with Crippen LogP contribution in [0.1, 0.15) is 40.1 Å². The SMILES string of the molecule is Cc1nc(C(C)C)sc1C(=O)NCCS(=O)(=O)N(C)C. The van der Waals surface area contributed by atoms with E-state index in [0.717, 1.165) is 9.31 Å². The normalized spacial score (nSPS) is 12.2. The fourth-order valence-corrected chi connectivity index (χ4v) is 3.14. The number of carbonyl (C=O) groups excluding carboxylic acids is 1. The van der Waals surface area contributed by atoms with Crippen molar-refractivity contribution in [3.63, 3.8) is 0 Å². The molecule has 1 heterocycles. The van der Waals surface area contributed by atoms with Crippen molar-refractivity contribution in [2.24, 2.45) is 0 Å². The summed E-state index contributed by atoms with van der Waals surface area (Å²) in [6.45, 7) is 5.91. The summed E-state index contributed by atoms with van der Waals surface area (Å²) in [5.41, 5.74) is 0.687. The second kappa shape index (κ2) is 6.64. The summed E-state index contributed by atoms with van der Waals surface area (Å²) in [7, 11) is -0.345. The summed E-state index contributed by atoms with van der Waals surface area (Å²) in [4.78, 5) is 16.9. The van der Waals surface area contributed by atoms with Crippen molar-refractivity contribution in [3.8, 4) is 0 Å². The Morgan fingerprint density at radius 2 is 2.00 bits per heavy atom. The Balaban J connectivity index is 2.64. The maximum atomic E-state index is 12.0. The van der Waals surface area contributed by atoms with E-state index in [1.54, 1.807) is 6.92 Å². The molecule has 0 aliphatic heterocycles. The van der Waals surface area contributed by atoms with Gasteiger partial charge in [0.2, 0.25) is 10.0 Å². The van der Waals surface area contributed by atoms with Gasteiger partial charge in [0.1, 0.15) is 4.88 Å². The van der Waals surface area contributed by atoms with Gasteiger partial charge in [-0.05, 0) is 6.92 Å². The zero-order valence-electron chi connectivity index (χ0n) is 12.4. The predicted molar refractivity (Wildman–Crippen MR) is 80.7 cm³/mol. The molecular weight excluding hydrogens is 298 g/mol. The summed E-state index contributed by atoms with van der Waals surface area (Å²) >= 11 is 1.36. The largest absolute Gasteiger partial charge is 0.350 e.